The Hall–Kier alpha value is -0.650. The largest absolute Gasteiger partial charge is 0.469 e. The fourth-order valence-electron chi connectivity index (χ4n) is 3.27. The standard InChI is InChI=1S/C14H26N2O3/c1-15(2)8-12-9-19-10-13(12)16-6-4-11(5-7-16)14(17)18-3/h11-13H,4-10H2,1-3H3. The average molecular weight is 270 g/mol. The number of rotatable bonds is 4. The van der Waals surface area contributed by atoms with Gasteiger partial charge in [0.05, 0.1) is 26.2 Å². The summed E-state index contributed by atoms with van der Waals surface area (Å²) in [6.07, 6.45) is 1.83. The Bertz CT molecular complexity index is 301. The third-order valence-corrected chi connectivity index (χ3v) is 4.30. The van der Waals surface area contributed by atoms with Crippen LogP contribution in [0.3, 0.4) is 0 Å². The number of esters is 1. The number of likely N-dealkylation sites (tertiary alicyclic amines) is 1. The second kappa shape index (κ2) is 6.68. The van der Waals surface area contributed by atoms with Gasteiger partial charge in [-0.2, -0.15) is 0 Å². The monoisotopic (exact) mass is 270 g/mol. The molecule has 0 bridgehead atoms. The summed E-state index contributed by atoms with van der Waals surface area (Å²) >= 11 is 0. The van der Waals surface area contributed by atoms with Crippen molar-refractivity contribution in [3.8, 4) is 0 Å². The number of hydrogen-bond acceptors (Lipinski definition) is 5. The molecule has 0 aromatic rings. The summed E-state index contributed by atoms with van der Waals surface area (Å²) in [4.78, 5) is 16.3. The van der Waals surface area contributed by atoms with Gasteiger partial charge in [0.2, 0.25) is 0 Å². The first kappa shape index (κ1) is 14.8. The van der Waals surface area contributed by atoms with Crippen LogP contribution in [0.15, 0.2) is 0 Å². The van der Waals surface area contributed by atoms with E-state index in [0.29, 0.717) is 12.0 Å². The van der Waals surface area contributed by atoms with Crippen LogP contribution in [0.5, 0.6) is 0 Å². The quantitative estimate of drug-likeness (QED) is 0.694. The Morgan fingerprint density at radius 2 is 2.00 bits per heavy atom. The number of methoxy groups -OCH3 is 1. The number of nitrogens with zero attached hydrogens (tertiary/aromatic N) is 2. The van der Waals surface area contributed by atoms with Gasteiger partial charge in [0, 0.05) is 18.5 Å². The van der Waals surface area contributed by atoms with Gasteiger partial charge in [-0.3, -0.25) is 9.69 Å². The molecule has 0 aromatic heterocycles. The molecule has 5 heteroatoms. The van der Waals surface area contributed by atoms with Crippen molar-refractivity contribution in [2.24, 2.45) is 11.8 Å². The zero-order valence-electron chi connectivity index (χ0n) is 12.3. The van der Waals surface area contributed by atoms with E-state index in [2.05, 4.69) is 23.9 Å². The van der Waals surface area contributed by atoms with Crippen LogP contribution in [0, 0.1) is 11.8 Å². The van der Waals surface area contributed by atoms with E-state index in [1.807, 2.05) is 0 Å². The van der Waals surface area contributed by atoms with Crippen LogP contribution >= 0.6 is 0 Å². The predicted molar refractivity (Wildman–Crippen MR) is 73.0 cm³/mol. The van der Waals surface area contributed by atoms with Crippen molar-refractivity contribution in [2.45, 2.75) is 18.9 Å². The number of carbonyl (C=O) groups is 1. The van der Waals surface area contributed by atoms with E-state index in [9.17, 15) is 4.79 Å². The highest BCUT2D eigenvalue weighted by Crippen LogP contribution is 2.26. The van der Waals surface area contributed by atoms with E-state index < -0.39 is 0 Å². The maximum atomic E-state index is 11.5. The molecule has 0 N–H and O–H groups in total. The molecular weight excluding hydrogens is 244 g/mol. The van der Waals surface area contributed by atoms with Gasteiger partial charge < -0.3 is 14.4 Å². The minimum atomic E-state index is -0.0489. The Kier molecular flexibility index (Phi) is 5.19. The molecule has 2 heterocycles. The zero-order valence-corrected chi connectivity index (χ0v) is 12.3. The van der Waals surface area contributed by atoms with Crippen LogP contribution in [-0.4, -0.2) is 75.9 Å². The van der Waals surface area contributed by atoms with Gasteiger partial charge in [-0.15, -0.1) is 0 Å². The van der Waals surface area contributed by atoms with Gasteiger partial charge in [-0.05, 0) is 40.0 Å². The maximum absolute atomic E-state index is 11.5. The Morgan fingerprint density at radius 1 is 1.32 bits per heavy atom. The lowest BCUT2D eigenvalue weighted by atomic mass is 9.93. The summed E-state index contributed by atoms with van der Waals surface area (Å²) < 4.78 is 10.5. The van der Waals surface area contributed by atoms with Gasteiger partial charge in [-0.1, -0.05) is 0 Å². The van der Waals surface area contributed by atoms with Crippen LogP contribution < -0.4 is 0 Å². The van der Waals surface area contributed by atoms with E-state index in [4.69, 9.17) is 9.47 Å². The molecule has 0 aliphatic carbocycles. The lowest BCUT2D eigenvalue weighted by molar-refractivity contribution is -0.147. The van der Waals surface area contributed by atoms with E-state index in [-0.39, 0.29) is 11.9 Å². The SMILES string of the molecule is COC(=O)C1CCN(C2COCC2CN(C)C)CC1. The third-order valence-electron chi connectivity index (χ3n) is 4.30. The van der Waals surface area contributed by atoms with Crippen molar-refractivity contribution in [3.63, 3.8) is 0 Å². The topological polar surface area (TPSA) is 42.0 Å². The first-order valence-corrected chi connectivity index (χ1v) is 7.16. The highest BCUT2D eigenvalue weighted by molar-refractivity contribution is 5.72. The van der Waals surface area contributed by atoms with Crippen LogP contribution in [0.2, 0.25) is 0 Å². The Morgan fingerprint density at radius 3 is 2.58 bits per heavy atom. The predicted octanol–water partition coefficient (Wildman–Crippen LogP) is 0.448. The summed E-state index contributed by atoms with van der Waals surface area (Å²) in [7, 11) is 5.70. The molecule has 2 unspecified atom stereocenters. The van der Waals surface area contributed by atoms with E-state index in [1.54, 1.807) is 0 Å². The lowest BCUT2D eigenvalue weighted by Gasteiger charge is -2.37. The minimum Gasteiger partial charge on any atom is -0.469 e. The summed E-state index contributed by atoms with van der Waals surface area (Å²) in [6, 6.07) is 0.515. The molecule has 2 aliphatic rings. The molecule has 2 saturated heterocycles. The molecule has 0 radical (unpaired) electrons. The van der Waals surface area contributed by atoms with Crippen LogP contribution in [0.1, 0.15) is 12.8 Å². The van der Waals surface area contributed by atoms with Gasteiger partial charge in [-0.25, -0.2) is 0 Å². The molecule has 110 valence electrons. The average Bonchev–Trinajstić information content (AvgIpc) is 2.85. The van der Waals surface area contributed by atoms with Crippen molar-refractivity contribution >= 4 is 5.97 Å². The normalized spacial score (nSPS) is 29.9. The van der Waals surface area contributed by atoms with Gasteiger partial charge >= 0.3 is 5.97 Å². The number of piperidine rings is 1. The molecule has 0 saturated carbocycles. The van der Waals surface area contributed by atoms with Crippen LogP contribution in [0.25, 0.3) is 0 Å². The molecule has 0 aromatic carbocycles. The van der Waals surface area contributed by atoms with E-state index in [1.165, 1.54) is 7.11 Å². The smallest absolute Gasteiger partial charge is 0.308 e. The molecule has 2 aliphatic heterocycles. The molecule has 19 heavy (non-hydrogen) atoms. The second-order valence-corrected chi connectivity index (χ2v) is 5.96. The number of carbonyl (C=O) groups excluding carboxylic acids is 1. The Labute approximate surface area is 115 Å². The summed E-state index contributed by atoms with van der Waals surface area (Å²) in [6.45, 7) is 4.73. The zero-order chi connectivity index (χ0) is 13.8. The van der Waals surface area contributed by atoms with Crippen molar-refractivity contribution < 1.29 is 14.3 Å². The fraction of sp³-hybridized carbons (Fsp3) is 0.929. The molecule has 0 spiro atoms. The highest BCUT2D eigenvalue weighted by atomic mass is 16.5. The van der Waals surface area contributed by atoms with Gasteiger partial charge in [0.25, 0.3) is 0 Å². The summed E-state index contributed by atoms with van der Waals surface area (Å²) in [5.74, 6) is 0.632. The molecule has 2 fully saturated rings. The lowest BCUT2D eigenvalue weighted by Crippen LogP contribution is -2.48. The minimum absolute atomic E-state index is 0.0489. The first-order chi connectivity index (χ1) is 9.11. The molecule has 2 atom stereocenters. The maximum Gasteiger partial charge on any atom is 0.308 e. The van der Waals surface area contributed by atoms with Crippen molar-refractivity contribution in [2.75, 3.05) is 54.1 Å². The fourth-order valence-corrected chi connectivity index (χ4v) is 3.27. The molecule has 5 nitrogen and oxygen atoms in total. The number of hydrogen-bond donors (Lipinski definition) is 0. The van der Waals surface area contributed by atoms with Gasteiger partial charge in [0.15, 0.2) is 0 Å². The molecule has 0 amide bonds. The molecule has 2 rings (SSSR count). The second-order valence-electron chi connectivity index (χ2n) is 5.96. The first-order valence-electron chi connectivity index (χ1n) is 7.16. The third kappa shape index (κ3) is 3.68. The molecular formula is C14H26N2O3. The number of ether oxygens (including phenoxy) is 2. The Balaban J connectivity index is 1.85. The van der Waals surface area contributed by atoms with E-state index in [0.717, 1.165) is 45.7 Å². The van der Waals surface area contributed by atoms with Crippen molar-refractivity contribution in [1.82, 2.24) is 9.80 Å². The van der Waals surface area contributed by atoms with E-state index >= 15 is 0 Å². The summed E-state index contributed by atoms with van der Waals surface area (Å²) in [5.41, 5.74) is 0. The highest BCUT2D eigenvalue weighted by Gasteiger charge is 2.36. The van der Waals surface area contributed by atoms with Gasteiger partial charge in [0.1, 0.15) is 0 Å². The van der Waals surface area contributed by atoms with Crippen molar-refractivity contribution in [1.29, 1.82) is 0 Å². The summed E-state index contributed by atoms with van der Waals surface area (Å²) in [5, 5.41) is 0. The van der Waals surface area contributed by atoms with Crippen LogP contribution in [-0.2, 0) is 14.3 Å². The van der Waals surface area contributed by atoms with Crippen molar-refractivity contribution in [3.05, 3.63) is 0 Å². The van der Waals surface area contributed by atoms with Crippen LogP contribution in [0.4, 0.5) is 0 Å².